The van der Waals surface area contributed by atoms with E-state index in [9.17, 15) is 9.59 Å². The molecule has 0 saturated heterocycles. The van der Waals surface area contributed by atoms with Crippen LogP contribution in [0.3, 0.4) is 0 Å². The SMILES string of the molecule is O=C(NC1COc2cccnc2NC1=O)c1cc2n(n1)CCC2. The third kappa shape index (κ3) is 2.52. The van der Waals surface area contributed by atoms with E-state index in [1.54, 1.807) is 24.4 Å². The van der Waals surface area contributed by atoms with E-state index in [-0.39, 0.29) is 18.4 Å². The van der Waals surface area contributed by atoms with Crippen molar-refractivity contribution in [2.45, 2.75) is 25.4 Å². The van der Waals surface area contributed by atoms with Crippen LogP contribution in [0.15, 0.2) is 24.4 Å². The van der Waals surface area contributed by atoms with Crippen molar-refractivity contribution in [1.82, 2.24) is 20.1 Å². The number of aromatic nitrogens is 3. The summed E-state index contributed by atoms with van der Waals surface area (Å²) in [7, 11) is 0. The Bertz CT molecular complexity index is 764. The van der Waals surface area contributed by atoms with E-state index in [4.69, 9.17) is 4.74 Å². The summed E-state index contributed by atoms with van der Waals surface area (Å²) in [5.74, 6) is 0.103. The molecule has 4 rings (SSSR count). The van der Waals surface area contributed by atoms with Crippen molar-refractivity contribution < 1.29 is 14.3 Å². The van der Waals surface area contributed by atoms with Gasteiger partial charge in [0.1, 0.15) is 18.3 Å². The number of aryl methyl sites for hydroxylation is 2. The van der Waals surface area contributed by atoms with Gasteiger partial charge in [0.05, 0.1) is 0 Å². The summed E-state index contributed by atoms with van der Waals surface area (Å²) in [4.78, 5) is 28.6. The Morgan fingerprint density at radius 2 is 2.39 bits per heavy atom. The molecule has 1 unspecified atom stereocenters. The number of pyridine rings is 1. The van der Waals surface area contributed by atoms with Crippen LogP contribution in [-0.2, 0) is 17.8 Å². The summed E-state index contributed by atoms with van der Waals surface area (Å²) >= 11 is 0. The molecule has 8 nitrogen and oxygen atoms in total. The Hall–Kier alpha value is -2.90. The highest BCUT2D eigenvalue weighted by Crippen LogP contribution is 2.23. The molecule has 0 spiro atoms. The van der Waals surface area contributed by atoms with Crippen LogP contribution in [0.5, 0.6) is 5.75 Å². The van der Waals surface area contributed by atoms with Crippen molar-refractivity contribution >= 4 is 17.6 Å². The number of anilines is 1. The monoisotopic (exact) mass is 313 g/mol. The predicted molar refractivity (Wildman–Crippen MR) is 80.2 cm³/mol. The van der Waals surface area contributed by atoms with Gasteiger partial charge >= 0.3 is 0 Å². The molecule has 2 aliphatic rings. The van der Waals surface area contributed by atoms with Gasteiger partial charge in [-0.25, -0.2) is 4.98 Å². The Labute approximate surface area is 131 Å². The van der Waals surface area contributed by atoms with E-state index in [1.165, 1.54) is 0 Å². The molecule has 8 heteroatoms. The van der Waals surface area contributed by atoms with E-state index in [2.05, 4.69) is 20.7 Å². The first kappa shape index (κ1) is 13.7. The molecule has 2 amide bonds. The molecular formula is C15H15N5O3. The smallest absolute Gasteiger partial charge is 0.272 e. The molecule has 0 radical (unpaired) electrons. The van der Waals surface area contributed by atoms with Gasteiger partial charge in [0, 0.05) is 18.4 Å². The number of rotatable bonds is 2. The highest BCUT2D eigenvalue weighted by molar-refractivity contribution is 6.01. The summed E-state index contributed by atoms with van der Waals surface area (Å²) in [5.41, 5.74) is 1.38. The van der Waals surface area contributed by atoms with Crippen LogP contribution in [0.2, 0.25) is 0 Å². The fourth-order valence-corrected chi connectivity index (χ4v) is 2.76. The zero-order chi connectivity index (χ0) is 15.8. The summed E-state index contributed by atoms with van der Waals surface area (Å²) in [6, 6.07) is 4.41. The largest absolute Gasteiger partial charge is 0.487 e. The van der Waals surface area contributed by atoms with Crippen molar-refractivity contribution in [3.8, 4) is 5.75 Å². The van der Waals surface area contributed by atoms with Crippen LogP contribution >= 0.6 is 0 Å². The molecule has 2 aromatic heterocycles. The Balaban J connectivity index is 1.48. The Kier molecular flexibility index (Phi) is 3.22. The molecule has 23 heavy (non-hydrogen) atoms. The normalized spacial score (nSPS) is 19.1. The number of hydrogen-bond donors (Lipinski definition) is 2. The number of nitrogens with zero attached hydrogens (tertiary/aromatic N) is 3. The highest BCUT2D eigenvalue weighted by atomic mass is 16.5. The van der Waals surface area contributed by atoms with Crippen molar-refractivity contribution in [3.63, 3.8) is 0 Å². The zero-order valence-electron chi connectivity index (χ0n) is 12.3. The number of hydrogen-bond acceptors (Lipinski definition) is 5. The molecule has 2 aromatic rings. The fourth-order valence-electron chi connectivity index (χ4n) is 2.76. The number of amides is 2. The molecule has 2 N–H and O–H groups in total. The second-order valence-electron chi connectivity index (χ2n) is 5.52. The van der Waals surface area contributed by atoms with E-state index in [1.807, 2.05) is 4.68 Å². The molecule has 0 bridgehead atoms. The number of carbonyl (C=O) groups excluding carboxylic acids is 2. The van der Waals surface area contributed by atoms with E-state index in [0.29, 0.717) is 17.3 Å². The standard InChI is InChI=1S/C15H15N5O3/c21-14(10-7-9-3-2-6-20(9)19-10)17-11-8-23-12-4-1-5-16-13(12)18-15(11)22/h1,4-5,7,11H,2-3,6,8H2,(H,17,21)(H,16,18,22). The third-order valence-electron chi connectivity index (χ3n) is 3.94. The van der Waals surface area contributed by atoms with Crippen LogP contribution in [0.4, 0.5) is 5.82 Å². The van der Waals surface area contributed by atoms with Gasteiger partial charge in [0.15, 0.2) is 11.6 Å². The average Bonchev–Trinajstić information content (AvgIpc) is 3.10. The molecule has 2 aliphatic heterocycles. The van der Waals surface area contributed by atoms with Gasteiger partial charge in [-0.3, -0.25) is 14.3 Å². The lowest BCUT2D eigenvalue weighted by molar-refractivity contribution is -0.118. The highest BCUT2D eigenvalue weighted by Gasteiger charge is 2.28. The van der Waals surface area contributed by atoms with Crippen molar-refractivity contribution in [1.29, 1.82) is 0 Å². The Morgan fingerprint density at radius 1 is 1.48 bits per heavy atom. The summed E-state index contributed by atoms with van der Waals surface area (Å²) < 4.78 is 7.38. The minimum Gasteiger partial charge on any atom is -0.487 e. The average molecular weight is 313 g/mol. The number of fused-ring (bicyclic) bond motifs is 2. The number of carbonyl (C=O) groups is 2. The van der Waals surface area contributed by atoms with Gasteiger partial charge in [0.2, 0.25) is 0 Å². The lowest BCUT2D eigenvalue weighted by atomic mass is 10.2. The molecule has 1 atom stereocenters. The van der Waals surface area contributed by atoms with Crippen molar-refractivity contribution in [3.05, 3.63) is 35.8 Å². The maximum absolute atomic E-state index is 12.3. The molecule has 0 aromatic carbocycles. The van der Waals surface area contributed by atoms with Gasteiger partial charge < -0.3 is 15.4 Å². The summed E-state index contributed by atoms with van der Waals surface area (Å²) in [6.07, 6.45) is 3.54. The molecule has 0 saturated carbocycles. The van der Waals surface area contributed by atoms with Gasteiger partial charge in [-0.1, -0.05) is 0 Å². The molecule has 0 fully saturated rings. The van der Waals surface area contributed by atoms with Crippen LogP contribution in [-0.4, -0.2) is 39.2 Å². The van der Waals surface area contributed by atoms with Gasteiger partial charge in [0.25, 0.3) is 11.8 Å². The number of ether oxygens (including phenoxy) is 1. The second kappa shape index (κ2) is 5.38. The lowest BCUT2D eigenvalue weighted by Gasteiger charge is -2.13. The van der Waals surface area contributed by atoms with Gasteiger partial charge in [-0.05, 0) is 31.0 Å². The van der Waals surface area contributed by atoms with E-state index in [0.717, 1.165) is 25.1 Å². The number of nitrogens with one attached hydrogen (secondary N) is 2. The van der Waals surface area contributed by atoms with E-state index >= 15 is 0 Å². The first-order valence-electron chi connectivity index (χ1n) is 7.47. The Morgan fingerprint density at radius 3 is 3.26 bits per heavy atom. The van der Waals surface area contributed by atoms with Crippen molar-refractivity contribution in [2.75, 3.05) is 11.9 Å². The maximum Gasteiger partial charge on any atom is 0.272 e. The van der Waals surface area contributed by atoms with Crippen molar-refractivity contribution in [2.24, 2.45) is 0 Å². The first-order chi connectivity index (χ1) is 11.2. The molecule has 118 valence electrons. The first-order valence-corrected chi connectivity index (χ1v) is 7.47. The van der Waals surface area contributed by atoms with Gasteiger partial charge in [-0.2, -0.15) is 5.10 Å². The van der Waals surface area contributed by atoms with Crippen LogP contribution < -0.4 is 15.4 Å². The second-order valence-corrected chi connectivity index (χ2v) is 5.52. The molecular weight excluding hydrogens is 298 g/mol. The zero-order valence-corrected chi connectivity index (χ0v) is 12.3. The van der Waals surface area contributed by atoms with Crippen LogP contribution in [0, 0.1) is 0 Å². The topological polar surface area (TPSA) is 98.1 Å². The lowest BCUT2D eigenvalue weighted by Crippen LogP contribution is -2.46. The maximum atomic E-state index is 12.3. The summed E-state index contributed by atoms with van der Waals surface area (Å²) in [5, 5.41) is 9.59. The summed E-state index contributed by atoms with van der Waals surface area (Å²) in [6.45, 7) is 0.875. The molecule has 4 heterocycles. The van der Waals surface area contributed by atoms with Crippen LogP contribution in [0.25, 0.3) is 0 Å². The fraction of sp³-hybridized carbons (Fsp3) is 0.333. The van der Waals surface area contributed by atoms with Gasteiger partial charge in [-0.15, -0.1) is 0 Å². The third-order valence-corrected chi connectivity index (χ3v) is 3.94. The molecule has 0 aliphatic carbocycles. The van der Waals surface area contributed by atoms with Crippen LogP contribution in [0.1, 0.15) is 22.6 Å². The minimum absolute atomic E-state index is 0.0455. The van der Waals surface area contributed by atoms with E-state index < -0.39 is 6.04 Å². The quantitative estimate of drug-likeness (QED) is 0.834. The minimum atomic E-state index is -0.798. The predicted octanol–water partition coefficient (Wildman–Crippen LogP) is 0.354.